The van der Waals surface area contributed by atoms with Gasteiger partial charge in [0.25, 0.3) is 5.97 Å². The number of aryl methyl sites for hydroxylation is 2. The zero-order valence-corrected chi connectivity index (χ0v) is 41.6. The monoisotopic (exact) mass is 932 g/mol. The molecular weight excluding hydrogens is 857 g/mol. The van der Waals surface area contributed by atoms with Gasteiger partial charge in [0, 0.05) is 33.3 Å². The number of phenols is 1. The van der Waals surface area contributed by atoms with Crippen LogP contribution in [0.4, 0.5) is 0 Å². The number of carboxylic acids is 1. The van der Waals surface area contributed by atoms with Crippen LogP contribution in [0.25, 0.3) is 6.08 Å². The Hall–Kier alpha value is -4.99. The Kier molecular flexibility index (Phi) is 27.9. The van der Waals surface area contributed by atoms with Gasteiger partial charge < -0.3 is 29.2 Å². The summed E-state index contributed by atoms with van der Waals surface area (Å²) in [5, 5.41) is 17.7. The van der Waals surface area contributed by atoms with Crippen molar-refractivity contribution in [3.8, 4) is 23.0 Å². The van der Waals surface area contributed by atoms with Crippen LogP contribution >= 0.6 is 0 Å². The van der Waals surface area contributed by atoms with E-state index in [0.29, 0.717) is 11.5 Å². The Morgan fingerprint density at radius 2 is 1.20 bits per heavy atom. The van der Waals surface area contributed by atoms with E-state index in [0.717, 1.165) is 99.3 Å². The molecule has 0 aliphatic carbocycles. The fourth-order valence-electron chi connectivity index (χ4n) is 6.70. The van der Waals surface area contributed by atoms with Gasteiger partial charge in [0.15, 0.2) is 0 Å². The van der Waals surface area contributed by atoms with Crippen molar-refractivity contribution in [2.75, 3.05) is 0 Å². The summed E-state index contributed by atoms with van der Waals surface area (Å²) < 4.78 is 53.8. The van der Waals surface area contributed by atoms with Gasteiger partial charge in [0.1, 0.15) is 34.2 Å². The van der Waals surface area contributed by atoms with Crippen molar-refractivity contribution >= 4 is 40.4 Å². The predicted molar refractivity (Wildman–Crippen MR) is 255 cm³/mol. The number of carboxylic acid groups (broad SMARTS) is 1. The topological polar surface area (TPSA) is 220 Å². The second kappa shape index (κ2) is 30.3. The number of ether oxygens (including phenoxy) is 4. The van der Waals surface area contributed by atoms with Crippen LogP contribution in [0, 0.1) is 0 Å². The number of unbranched alkanes of at least 4 members (excludes halogenated alkanes) is 4. The van der Waals surface area contributed by atoms with Crippen molar-refractivity contribution in [1.82, 2.24) is 0 Å². The number of fused-ring (bicyclic) bond motifs is 2. The molecule has 0 saturated carbocycles. The van der Waals surface area contributed by atoms with E-state index in [-0.39, 0.29) is 17.2 Å². The first-order valence-corrected chi connectivity index (χ1v) is 23.6. The molecule has 2 atom stereocenters. The number of carbonyl (C=O) groups excluding carboxylic acids is 3. The maximum absolute atomic E-state index is 11.5. The minimum absolute atomic E-state index is 0.158. The quantitative estimate of drug-likeness (QED) is 0.0326. The third-order valence-electron chi connectivity index (χ3n) is 9.71. The third kappa shape index (κ3) is 29.2. The first-order valence-electron chi connectivity index (χ1n) is 22.2. The van der Waals surface area contributed by atoms with Gasteiger partial charge in [-0.1, -0.05) is 62.8 Å². The van der Waals surface area contributed by atoms with Crippen molar-refractivity contribution in [2.24, 2.45) is 0 Å². The van der Waals surface area contributed by atoms with Crippen molar-refractivity contribution in [3.05, 3.63) is 75.9 Å². The average Bonchev–Trinajstić information content (AvgIpc) is 3.13. The van der Waals surface area contributed by atoms with Gasteiger partial charge in [-0.25, -0.2) is 0 Å². The highest BCUT2D eigenvalue weighted by atomic mass is 32.3. The summed E-state index contributed by atoms with van der Waals surface area (Å²) in [6.07, 6.45) is 23.5. The van der Waals surface area contributed by atoms with E-state index >= 15 is 0 Å². The van der Waals surface area contributed by atoms with E-state index in [1.54, 1.807) is 0 Å². The minimum Gasteiger partial charge on any atom is -0.507 e. The number of carbonyl (C=O) groups is 4. The molecule has 15 heteroatoms. The summed E-state index contributed by atoms with van der Waals surface area (Å²) in [6, 6.07) is 8.18. The molecule has 0 bridgehead atoms. The number of aromatic hydroxyl groups is 1. The molecule has 2 unspecified atom stereocenters. The molecule has 4 N–H and O–H groups in total. The first-order chi connectivity index (χ1) is 30.1. The van der Waals surface area contributed by atoms with Gasteiger partial charge in [-0.15, -0.1) is 0 Å². The second-order valence-electron chi connectivity index (χ2n) is 17.1. The number of hydrogen-bond acceptors (Lipinski definition) is 11. The van der Waals surface area contributed by atoms with E-state index in [4.69, 9.17) is 41.6 Å². The summed E-state index contributed by atoms with van der Waals surface area (Å²) in [7, 11) is -4.67. The zero-order valence-electron chi connectivity index (χ0n) is 40.8. The van der Waals surface area contributed by atoms with Crippen LogP contribution in [0.5, 0.6) is 23.0 Å². The number of benzene rings is 2. The van der Waals surface area contributed by atoms with Gasteiger partial charge >= 0.3 is 28.3 Å². The van der Waals surface area contributed by atoms with Crippen molar-refractivity contribution in [1.29, 1.82) is 0 Å². The molecule has 2 aromatic carbocycles. The molecule has 0 spiro atoms. The minimum atomic E-state index is -4.67. The standard InChI is InChI=1S/C23H34O3.C21H30O2.C4H6O3.C2H4O2.H2O4S/c1-6-7-8-11-19-15-21(25-18(4)24)20-12-14-23(5,26-22(20)16-19)13-9-10-17(2)3;1-5-6-7-10-17-14-19(22)18-11-13-21(4,23-20(18)15-17)12-8-9-16(2)3;1-3(5)7-4(2)6;1-2(3)4;1-5(2,3)4/h10,15-16H,6-9,11-14H2,1-5H3;9,11,13-15,22H,5-8,10,12H2,1-4H3;1-2H3;1H3,(H,3,4);(H2,1,2,3,4). The maximum Gasteiger partial charge on any atom is 0.394 e. The average molecular weight is 933 g/mol. The van der Waals surface area contributed by atoms with Crippen LogP contribution in [0.2, 0.25) is 0 Å². The number of aliphatic carboxylic acids is 1. The number of hydrogen-bond donors (Lipinski definition) is 4. The lowest BCUT2D eigenvalue weighted by molar-refractivity contribution is -0.156. The molecule has 0 fully saturated rings. The molecule has 366 valence electrons. The van der Waals surface area contributed by atoms with Crippen LogP contribution in [0.3, 0.4) is 0 Å². The highest BCUT2D eigenvalue weighted by Crippen LogP contribution is 2.42. The zero-order chi connectivity index (χ0) is 50.0. The molecular formula is C50H76O14S. The second-order valence-corrected chi connectivity index (χ2v) is 18.0. The number of esters is 3. The number of allylic oxidation sites excluding steroid dienone is 4. The maximum atomic E-state index is 11.5. The SMILES string of the molecule is CC(=O)O.CC(=O)OC(C)=O.CCCCCc1cc(O)c2c(c1)OC(C)(CCC=C(C)C)C=C2.CCCCCc1cc(OC(C)=O)c2c(c1)OC(C)(CCC=C(C)C)CC2.O=S(=O)(O)O. The lowest BCUT2D eigenvalue weighted by atomic mass is 9.87. The Balaban J connectivity index is 0.000000949. The Morgan fingerprint density at radius 1 is 0.723 bits per heavy atom. The van der Waals surface area contributed by atoms with Gasteiger partial charge in [-0.2, -0.15) is 8.42 Å². The van der Waals surface area contributed by atoms with Crippen LogP contribution < -0.4 is 14.2 Å². The predicted octanol–water partition coefficient (Wildman–Crippen LogP) is 11.7. The third-order valence-corrected chi connectivity index (χ3v) is 9.71. The molecule has 2 aliphatic rings. The molecule has 0 aromatic heterocycles. The first kappa shape index (κ1) is 60.0. The summed E-state index contributed by atoms with van der Waals surface area (Å²) >= 11 is 0. The van der Waals surface area contributed by atoms with E-state index in [1.165, 1.54) is 63.2 Å². The molecule has 2 aromatic rings. The van der Waals surface area contributed by atoms with Crippen LogP contribution in [-0.2, 0) is 53.6 Å². The van der Waals surface area contributed by atoms with E-state index < -0.39 is 28.3 Å². The highest BCUT2D eigenvalue weighted by molar-refractivity contribution is 7.79. The van der Waals surface area contributed by atoms with Crippen molar-refractivity contribution in [2.45, 2.75) is 184 Å². The van der Waals surface area contributed by atoms with Crippen LogP contribution in [-0.4, -0.2) is 62.8 Å². The molecule has 0 amide bonds. The molecule has 2 aliphatic heterocycles. The molecule has 65 heavy (non-hydrogen) atoms. The molecule has 4 rings (SSSR count). The number of rotatable bonds is 15. The fourth-order valence-corrected chi connectivity index (χ4v) is 6.70. The van der Waals surface area contributed by atoms with Crippen LogP contribution in [0.1, 0.15) is 176 Å². The van der Waals surface area contributed by atoms with Gasteiger partial charge in [-0.3, -0.25) is 28.3 Å². The lowest BCUT2D eigenvalue weighted by Gasteiger charge is -2.36. The Morgan fingerprint density at radius 3 is 1.65 bits per heavy atom. The van der Waals surface area contributed by atoms with E-state index in [1.807, 2.05) is 18.2 Å². The van der Waals surface area contributed by atoms with Gasteiger partial charge in [-0.05, 0) is 153 Å². The van der Waals surface area contributed by atoms with Gasteiger partial charge in [0.2, 0.25) is 0 Å². The summed E-state index contributed by atoms with van der Waals surface area (Å²) in [6.45, 7) is 22.1. The Labute approximate surface area is 388 Å². The van der Waals surface area contributed by atoms with Crippen molar-refractivity contribution in [3.63, 3.8) is 0 Å². The highest BCUT2D eigenvalue weighted by Gasteiger charge is 2.33. The normalized spacial score (nSPS) is 16.3. The van der Waals surface area contributed by atoms with E-state index in [2.05, 4.69) is 90.5 Å². The molecule has 2 heterocycles. The number of phenolic OH excluding ortho intramolecular Hbond substituents is 1. The molecule has 14 nitrogen and oxygen atoms in total. The van der Waals surface area contributed by atoms with E-state index in [9.17, 15) is 19.5 Å². The summed E-state index contributed by atoms with van der Waals surface area (Å²) in [5.41, 5.74) is 6.44. The fraction of sp³-hybridized carbons (Fsp3) is 0.560. The largest absolute Gasteiger partial charge is 0.507 e. The smallest absolute Gasteiger partial charge is 0.394 e. The molecule has 0 radical (unpaired) electrons. The van der Waals surface area contributed by atoms with Crippen LogP contribution in [0.15, 0.2) is 53.6 Å². The summed E-state index contributed by atoms with van der Waals surface area (Å²) in [4.78, 5) is 40.2. The van der Waals surface area contributed by atoms with Crippen molar-refractivity contribution < 1.29 is 65.9 Å². The lowest BCUT2D eigenvalue weighted by Crippen LogP contribution is -2.36. The Bertz CT molecular complexity index is 2020. The molecule has 0 saturated heterocycles. The van der Waals surface area contributed by atoms with Gasteiger partial charge in [0.05, 0.1) is 5.56 Å². The summed E-state index contributed by atoms with van der Waals surface area (Å²) in [5.74, 6) is 0.513.